The number of likely N-dealkylation sites (tertiary alicyclic amines) is 1. The summed E-state index contributed by atoms with van der Waals surface area (Å²) in [5.74, 6) is -0.326. The molecule has 1 saturated heterocycles. The van der Waals surface area contributed by atoms with Crippen LogP contribution in [-0.4, -0.2) is 43.2 Å². The van der Waals surface area contributed by atoms with Crippen LogP contribution in [0.1, 0.15) is 37.0 Å². The number of nitrogens with two attached hydrogens (primary N) is 1. The molecular formula is C16H25N3O2. The highest BCUT2D eigenvalue weighted by Crippen LogP contribution is 2.24. The lowest BCUT2D eigenvalue weighted by atomic mass is 9.98. The standard InChI is InChI=1S/C16H25N3O2/c1-4-21-16(20)14-10-12(17)5-6-15(14)18-13-7-8-19(3)11(2)9-13/h5-6,10-11,13,18H,4,7-9,17H2,1-3H3. The number of ether oxygens (including phenoxy) is 1. The highest BCUT2D eigenvalue weighted by Gasteiger charge is 2.24. The lowest BCUT2D eigenvalue weighted by Crippen LogP contribution is -2.42. The van der Waals surface area contributed by atoms with Crippen LogP contribution in [0.2, 0.25) is 0 Å². The third-order valence-electron chi connectivity index (χ3n) is 4.11. The fourth-order valence-corrected chi connectivity index (χ4v) is 2.71. The zero-order chi connectivity index (χ0) is 15.4. The number of carbonyl (C=O) groups excluding carboxylic acids is 1. The van der Waals surface area contributed by atoms with Crippen molar-refractivity contribution in [2.45, 2.75) is 38.8 Å². The minimum Gasteiger partial charge on any atom is -0.462 e. The van der Waals surface area contributed by atoms with E-state index < -0.39 is 0 Å². The summed E-state index contributed by atoms with van der Waals surface area (Å²) in [6.45, 7) is 5.44. The zero-order valence-electron chi connectivity index (χ0n) is 13.1. The first-order valence-corrected chi connectivity index (χ1v) is 7.54. The predicted octanol–water partition coefficient (Wildman–Crippen LogP) is 2.34. The summed E-state index contributed by atoms with van der Waals surface area (Å²) in [4.78, 5) is 14.4. The van der Waals surface area contributed by atoms with Gasteiger partial charge in [0.05, 0.1) is 12.2 Å². The Morgan fingerprint density at radius 2 is 2.29 bits per heavy atom. The first-order chi connectivity index (χ1) is 10.0. The summed E-state index contributed by atoms with van der Waals surface area (Å²) in [6.07, 6.45) is 2.12. The molecule has 1 fully saturated rings. The molecule has 5 heteroatoms. The third kappa shape index (κ3) is 3.88. The molecule has 3 N–H and O–H groups in total. The van der Waals surface area contributed by atoms with Crippen molar-refractivity contribution in [1.29, 1.82) is 0 Å². The highest BCUT2D eigenvalue weighted by atomic mass is 16.5. The van der Waals surface area contributed by atoms with Crippen LogP contribution < -0.4 is 11.1 Å². The number of anilines is 2. The van der Waals surface area contributed by atoms with E-state index >= 15 is 0 Å². The molecule has 0 radical (unpaired) electrons. The second-order valence-electron chi connectivity index (χ2n) is 5.72. The van der Waals surface area contributed by atoms with E-state index in [-0.39, 0.29) is 5.97 Å². The van der Waals surface area contributed by atoms with Crippen molar-refractivity contribution in [2.24, 2.45) is 0 Å². The van der Waals surface area contributed by atoms with Gasteiger partial charge in [-0.05, 0) is 51.9 Å². The summed E-state index contributed by atoms with van der Waals surface area (Å²) >= 11 is 0. The van der Waals surface area contributed by atoms with Gasteiger partial charge in [0.15, 0.2) is 0 Å². The second-order valence-corrected chi connectivity index (χ2v) is 5.72. The van der Waals surface area contributed by atoms with Crippen LogP contribution in [0.4, 0.5) is 11.4 Å². The molecule has 0 bridgehead atoms. The number of benzene rings is 1. The van der Waals surface area contributed by atoms with Crippen molar-refractivity contribution in [3.05, 3.63) is 23.8 Å². The van der Waals surface area contributed by atoms with E-state index in [4.69, 9.17) is 10.5 Å². The number of rotatable bonds is 4. The molecule has 0 spiro atoms. The number of esters is 1. The summed E-state index contributed by atoms with van der Waals surface area (Å²) in [7, 11) is 2.15. The monoisotopic (exact) mass is 291 g/mol. The number of piperidine rings is 1. The van der Waals surface area contributed by atoms with Gasteiger partial charge in [0.25, 0.3) is 0 Å². The van der Waals surface area contributed by atoms with Crippen LogP contribution in [0.15, 0.2) is 18.2 Å². The van der Waals surface area contributed by atoms with E-state index in [1.807, 2.05) is 12.1 Å². The maximum atomic E-state index is 12.0. The average Bonchev–Trinajstić information content (AvgIpc) is 2.45. The van der Waals surface area contributed by atoms with Crippen molar-refractivity contribution >= 4 is 17.3 Å². The first-order valence-electron chi connectivity index (χ1n) is 7.54. The van der Waals surface area contributed by atoms with E-state index in [2.05, 4.69) is 24.2 Å². The Bertz CT molecular complexity index is 504. The molecule has 2 atom stereocenters. The molecule has 1 heterocycles. The molecule has 5 nitrogen and oxygen atoms in total. The maximum Gasteiger partial charge on any atom is 0.340 e. The highest BCUT2D eigenvalue weighted by molar-refractivity contribution is 5.96. The SMILES string of the molecule is CCOC(=O)c1cc(N)ccc1NC1CCN(C)C(C)C1. The molecule has 1 aromatic carbocycles. The van der Waals surface area contributed by atoms with Gasteiger partial charge < -0.3 is 20.7 Å². The van der Waals surface area contributed by atoms with Crippen molar-refractivity contribution in [3.8, 4) is 0 Å². The van der Waals surface area contributed by atoms with Gasteiger partial charge in [-0.1, -0.05) is 0 Å². The fourth-order valence-electron chi connectivity index (χ4n) is 2.71. The number of nitrogens with zero attached hydrogens (tertiary/aromatic N) is 1. The van der Waals surface area contributed by atoms with Gasteiger partial charge in [-0.3, -0.25) is 0 Å². The van der Waals surface area contributed by atoms with E-state index in [0.29, 0.717) is 29.9 Å². The van der Waals surface area contributed by atoms with E-state index in [1.54, 1.807) is 13.0 Å². The Hall–Kier alpha value is -1.75. The lowest BCUT2D eigenvalue weighted by molar-refractivity contribution is 0.0527. The summed E-state index contributed by atoms with van der Waals surface area (Å²) in [5, 5.41) is 3.48. The Morgan fingerprint density at radius 1 is 1.52 bits per heavy atom. The smallest absolute Gasteiger partial charge is 0.340 e. The summed E-state index contributed by atoms with van der Waals surface area (Å²) in [5.41, 5.74) is 7.69. The largest absolute Gasteiger partial charge is 0.462 e. The number of carbonyl (C=O) groups is 1. The molecule has 0 aromatic heterocycles. The molecule has 0 saturated carbocycles. The maximum absolute atomic E-state index is 12.0. The molecule has 0 amide bonds. The second kappa shape index (κ2) is 6.80. The van der Waals surface area contributed by atoms with Gasteiger partial charge in [-0.25, -0.2) is 4.79 Å². The molecule has 1 aliphatic heterocycles. The van der Waals surface area contributed by atoms with Crippen LogP contribution in [0, 0.1) is 0 Å². The lowest BCUT2D eigenvalue weighted by Gasteiger charge is -2.36. The normalized spacial score (nSPS) is 22.8. The molecule has 0 aliphatic carbocycles. The molecular weight excluding hydrogens is 266 g/mol. The molecule has 2 unspecified atom stereocenters. The average molecular weight is 291 g/mol. The zero-order valence-corrected chi connectivity index (χ0v) is 13.1. The van der Waals surface area contributed by atoms with Crippen LogP contribution in [-0.2, 0) is 4.74 Å². The predicted molar refractivity (Wildman–Crippen MR) is 85.5 cm³/mol. The van der Waals surface area contributed by atoms with E-state index in [9.17, 15) is 4.79 Å². The minimum atomic E-state index is -0.326. The number of hydrogen-bond donors (Lipinski definition) is 2. The molecule has 2 rings (SSSR count). The molecule has 1 aliphatic rings. The number of nitrogens with one attached hydrogen (secondary N) is 1. The molecule has 1 aromatic rings. The van der Waals surface area contributed by atoms with Crippen molar-refractivity contribution < 1.29 is 9.53 Å². The van der Waals surface area contributed by atoms with Crippen LogP contribution in [0.25, 0.3) is 0 Å². The minimum absolute atomic E-state index is 0.326. The van der Waals surface area contributed by atoms with E-state index in [1.165, 1.54) is 0 Å². The van der Waals surface area contributed by atoms with Crippen LogP contribution >= 0.6 is 0 Å². The Labute approximate surface area is 126 Å². The van der Waals surface area contributed by atoms with Gasteiger partial charge in [-0.2, -0.15) is 0 Å². The van der Waals surface area contributed by atoms with Gasteiger partial charge >= 0.3 is 5.97 Å². The van der Waals surface area contributed by atoms with Gasteiger partial charge in [-0.15, -0.1) is 0 Å². The molecule has 21 heavy (non-hydrogen) atoms. The summed E-state index contributed by atoms with van der Waals surface area (Å²) < 4.78 is 5.11. The van der Waals surface area contributed by atoms with E-state index in [0.717, 1.165) is 25.1 Å². The Balaban J connectivity index is 2.14. The Morgan fingerprint density at radius 3 is 2.95 bits per heavy atom. The topological polar surface area (TPSA) is 67.6 Å². The van der Waals surface area contributed by atoms with Crippen molar-refractivity contribution in [2.75, 3.05) is 31.2 Å². The van der Waals surface area contributed by atoms with Crippen molar-refractivity contribution in [3.63, 3.8) is 0 Å². The molecule has 116 valence electrons. The third-order valence-corrected chi connectivity index (χ3v) is 4.11. The van der Waals surface area contributed by atoms with Crippen molar-refractivity contribution in [1.82, 2.24) is 4.90 Å². The van der Waals surface area contributed by atoms with Gasteiger partial charge in [0.1, 0.15) is 0 Å². The van der Waals surface area contributed by atoms with Crippen LogP contribution in [0.5, 0.6) is 0 Å². The fraction of sp³-hybridized carbons (Fsp3) is 0.562. The Kier molecular flexibility index (Phi) is 5.07. The van der Waals surface area contributed by atoms with Gasteiger partial charge in [0.2, 0.25) is 0 Å². The number of hydrogen-bond acceptors (Lipinski definition) is 5. The first kappa shape index (κ1) is 15.6. The van der Waals surface area contributed by atoms with Gasteiger partial charge in [0, 0.05) is 30.0 Å². The summed E-state index contributed by atoms with van der Waals surface area (Å²) in [6, 6.07) is 6.26. The quantitative estimate of drug-likeness (QED) is 0.658. The number of nitrogen functional groups attached to an aromatic ring is 1. The van der Waals surface area contributed by atoms with Crippen LogP contribution in [0.3, 0.4) is 0 Å².